The molecular formula is C10H8F2N2O. The molecule has 0 aliphatic rings. The maximum atomic E-state index is 13.0. The molecule has 1 aromatic carbocycles. The number of nitrogens with two attached hydrogens (primary N) is 1. The van der Waals surface area contributed by atoms with Crippen LogP contribution in [0.5, 0.6) is 0 Å². The van der Waals surface area contributed by atoms with Gasteiger partial charge in [0, 0.05) is 6.07 Å². The lowest BCUT2D eigenvalue weighted by atomic mass is 10.1. The molecule has 0 amide bonds. The van der Waals surface area contributed by atoms with E-state index in [0.29, 0.717) is 16.9 Å². The molecule has 1 aromatic heterocycles. The molecule has 2 rings (SSSR count). The minimum Gasteiger partial charge on any atom is -0.380 e. The maximum absolute atomic E-state index is 13.0. The second-order valence-corrected chi connectivity index (χ2v) is 3.16. The highest BCUT2D eigenvalue weighted by atomic mass is 19.1. The molecule has 0 spiro atoms. The van der Waals surface area contributed by atoms with Crippen molar-refractivity contribution in [2.45, 2.75) is 6.92 Å². The van der Waals surface area contributed by atoms with E-state index in [4.69, 9.17) is 10.3 Å². The summed E-state index contributed by atoms with van der Waals surface area (Å²) in [7, 11) is 0. The number of halogens is 2. The van der Waals surface area contributed by atoms with Gasteiger partial charge in [0.1, 0.15) is 17.4 Å². The van der Waals surface area contributed by atoms with Crippen molar-refractivity contribution in [1.82, 2.24) is 5.16 Å². The summed E-state index contributed by atoms with van der Waals surface area (Å²) in [5.74, 6) is -0.773. The van der Waals surface area contributed by atoms with E-state index >= 15 is 0 Å². The average molecular weight is 210 g/mol. The molecule has 78 valence electrons. The number of rotatable bonds is 1. The summed E-state index contributed by atoms with van der Waals surface area (Å²) in [6, 6.07) is 3.15. The fourth-order valence-corrected chi connectivity index (χ4v) is 1.44. The highest BCUT2D eigenvalue weighted by molar-refractivity contribution is 5.75. The molecule has 5 heteroatoms. The fraction of sp³-hybridized carbons (Fsp3) is 0.100. The van der Waals surface area contributed by atoms with Crippen molar-refractivity contribution < 1.29 is 13.3 Å². The molecule has 2 aromatic rings. The third-order valence-corrected chi connectivity index (χ3v) is 2.04. The summed E-state index contributed by atoms with van der Waals surface area (Å²) in [6.07, 6.45) is 0. The molecule has 3 nitrogen and oxygen atoms in total. The van der Waals surface area contributed by atoms with Crippen LogP contribution in [-0.4, -0.2) is 5.16 Å². The molecule has 0 aliphatic carbocycles. The van der Waals surface area contributed by atoms with Crippen LogP contribution in [0, 0.1) is 18.6 Å². The zero-order valence-corrected chi connectivity index (χ0v) is 7.92. The number of hydrogen-bond acceptors (Lipinski definition) is 3. The summed E-state index contributed by atoms with van der Waals surface area (Å²) < 4.78 is 30.7. The minimum absolute atomic E-state index is 0.123. The third kappa shape index (κ3) is 1.68. The smallest absolute Gasteiger partial charge is 0.175 e. The zero-order valence-electron chi connectivity index (χ0n) is 7.92. The van der Waals surface area contributed by atoms with Gasteiger partial charge in [-0.2, -0.15) is 0 Å². The van der Waals surface area contributed by atoms with Crippen LogP contribution in [0.2, 0.25) is 0 Å². The van der Waals surface area contributed by atoms with Crippen LogP contribution in [0.4, 0.5) is 14.6 Å². The van der Waals surface area contributed by atoms with Crippen LogP contribution in [0.1, 0.15) is 5.76 Å². The second-order valence-electron chi connectivity index (χ2n) is 3.16. The van der Waals surface area contributed by atoms with Crippen LogP contribution in [0.3, 0.4) is 0 Å². The number of anilines is 1. The average Bonchev–Trinajstić information content (AvgIpc) is 2.44. The predicted molar refractivity (Wildman–Crippen MR) is 51.0 cm³/mol. The SMILES string of the molecule is Cc1onc(N)c1-c1cc(F)cc(F)c1. The number of benzene rings is 1. The van der Waals surface area contributed by atoms with Gasteiger partial charge in [0.2, 0.25) is 0 Å². The third-order valence-electron chi connectivity index (χ3n) is 2.04. The Morgan fingerprint density at radius 1 is 1.20 bits per heavy atom. The van der Waals surface area contributed by atoms with E-state index in [1.165, 1.54) is 12.1 Å². The Kier molecular flexibility index (Phi) is 2.15. The van der Waals surface area contributed by atoms with Crippen molar-refractivity contribution in [2.75, 3.05) is 5.73 Å². The van der Waals surface area contributed by atoms with E-state index in [9.17, 15) is 8.78 Å². The van der Waals surface area contributed by atoms with Gasteiger partial charge in [-0.25, -0.2) is 8.78 Å². The van der Waals surface area contributed by atoms with E-state index in [2.05, 4.69) is 5.16 Å². The molecule has 2 N–H and O–H groups in total. The molecule has 0 saturated carbocycles. The first-order chi connectivity index (χ1) is 7.08. The van der Waals surface area contributed by atoms with Crippen LogP contribution in [0.25, 0.3) is 11.1 Å². The normalized spacial score (nSPS) is 10.6. The molecule has 0 atom stereocenters. The van der Waals surface area contributed by atoms with Crippen LogP contribution in [-0.2, 0) is 0 Å². The topological polar surface area (TPSA) is 52.0 Å². The summed E-state index contributed by atoms with van der Waals surface area (Å²) in [4.78, 5) is 0. The van der Waals surface area contributed by atoms with Gasteiger partial charge in [-0.05, 0) is 24.6 Å². The zero-order chi connectivity index (χ0) is 11.0. The lowest BCUT2D eigenvalue weighted by Crippen LogP contribution is -1.90. The van der Waals surface area contributed by atoms with Crippen molar-refractivity contribution in [3.63, 3.8) is 0 Å². The number of aromatic nitrogens is 1. The van der Waals surface area contributed by atoms with Gasteiger partial charge >= 0.3 is 0 Å². The fourth-order valence-electron chi connectivity index (χ4n) is 1.44. The van der Waals surface area contributed by atoms with E-state index < -0.39 is 11.6 Å². The predicted octanol–water partition coefficient (Wildman–Crippen LogP) is 2.51. The van der Waals surface area contributed by atoms with Gasteiger partial charge in [0.15, 0.2) is 5.82 Å². The Labute approximate surface area is 84.5 Å². The van der Waals surface area contributed by atoms with Gasteiger partial charge < -0.3 is 10.3 Å². The first-order valence-corrected chi connectivity index (χ1v) is 4.26. The standard InChI is InChI=1S/C10H8F2N2O/c1-5-9(10(13)14-15-5)6-2-7(11)4-8(12)3-6/h2-4H,1H3,(H2,13,14). The van der Waals surface area contributed by atoms with Gasteiger partial charge in [-0.15, -0.1) is 0 Å². The molecule has 0 radical (unpaired) electrons. The van der Waals surface area contributed by atoms with E-state index in [0.717, 1.165) is 6.07 Å². The minimum atomic E-state index is -0.662. The van der Waals surface area contributed by atoms with Gasteiger partial charge in [-0.1, -0.05) is 5.16 Å². The van der Waals surface area contributed by atoms with Crippen LogP contribution >= 0.6 is 0 Å². The summed E-state index contributed by atoms with van der Waals surface area (Å²) in [5, 5.41) is 3.51. The molecule has 0 saturated heterocycles. The Morgan fingerprint density at radius 2 is 1.80 bits per heavy atom. The number of nitrogens with zero attached hydrogens (tertiary/aromatic N) is 1. The van der Waals surface area contributed by atoms with E-state index in [-0.39, 0.29) is 5.82 Å². The lowest BCUT2D eigenvalue weighted by molar-refractivity contribution is 0.401. The molecular weight excluding hydrogens is 202 g/mol. The number of nitrogen functional groups attached to an aromatic ring is 1. The number of aryl methyl sites for hydroxylation is 1. The quantitative estimate of drug-likeness (QED) is 0.786. The molecule has 0 aliphatic heterocycles. The Hall–Kier alpha value is -1.91. The Morgan fingerprint density at radius 3 is 2.27 bits per heavy atom. The van der Waals surface area contributed by atoms with Crippen molar-refractivity contribution in [2.24, 2.45) is 0 Å². The van der Waals surface area contributed by atoms with E-state index in [1.807, 2.05) is 0 Å². The molecule has 0 fully saturated rings. The van der Waals surface area contributed by atoms with Crippen LogP contribution < -0.4 is 5.73 Å². The summed E-state index contributed by atoms with van der Waals surface area (Å²) in [6.45, 7) is 1.63. The highest BCUT2D eigenvalue weighted by Crippen LogP contribution is 2.29. The monoisotopic (exact) mass is 210 g/mol. The molecule has 15 heavy (non-hydrogen) atoms. The van der Waals surface area contributed by atoms with Crippen LogP contribution in [0.15, 0.2) is 22.7 Å². The molecule has 0 unspecified atom stereocenters. The summed E-state index contributed by atoms with van der Waals surface area (Å²) >= 11 is 0. The van der Waals surface area contributed by atoms with Crippen molar-refractivity contribution >= 4 is 5.82 Å². The first-order valence-electron chi connectivity index (χ1n) is 4.26. The Bertz CT molecular complexity index is 468. The second kappa shape index (κ2) is 3.34. The highest BCUT2D eigenvalue weighted by Gasteiger charge is 2.13. The molecule has 0 bridgehead atoms. The van der Waals surface area contributed by atoms with Crippen molar-refractivity contribution in [1.29, 1.82) is 0 Å². The van der Waals surface area contributed by atoms with Gasteiger partial charge in [-0.3, -0.25) is 0 Å². The first kappa shape index (κ1) is 9.64. The Balaban J connectivity index is 2.63. The summed E-state index contributed by atoms with van der Waals surface area (Å²) in [5.41, 5.74) is 6.27. The largest absolute Gasteiger partial charge is 0.380 e. The van der Waals surface area contributed by atoms with Crippen molar-refractivity contribution in [3.8, 4) is 11.1 Å². The van der Waals surface area contributed by atoms with Crippen molar-refractivity contribution in [3.05, 3.63) is 35.6 Å². The molecule has 1 heterocycles. The number of hydrogen-bond donors (Lipinski definition) is 1. The van der Waals surface area contributed by atoms with Gasteiger partial charge in [0.25, 0.3) is 0 Å². The van der Waals surface area contributed by atoms with Gasteiger partial charge in [0.05, 0.1) is 5.56 Å². The van der Waals surface area contributed by atoms with E-state index in [1.54, 1.807) is 6.92 Å². The lowest BCUT2D eigenvalue weighted by Gasteiger charge is -2.00. The maximum Gasteiger partial charge on any atom is 0.175 e.